The van der Waals surface area contributed by atoms with Gasteiger partial charge >= 0.3 is 5.97 Å². The van der Waals surface area contributed by atoms with Gasteiger partial charge < -0.3 is 19.3 Å². The Bertz CT molecular complexity index is 918. The zero-order valence-electron chi connectivity index (χ0n) is 17.1. The normalized spacial score (nSPS) is 11.5. The van der Waals surface area contributed by atoms with E-state index >= 15 is 0 Å². The number of nitrogens with zero attached hydrogens (tertiary/aromatic N) is 1. The lowest BCUT2D eigenvalue weighted by atomic mass is 9.87. The summed E-state index contributed by atoms with van der Waals surface area (Å²) in [6.07, 6.45) is 1.28. The Kier molecular flexibility index (Phi) is 7.27. The highest BCUT2D eigenvalue weighted by Crippen LogP contribution is 2.29. The first-order valence-corrected chi connectivity index (χ1v) is 9.14. The second kappa shape index (κ2) is 9.65. The average molecular weight is 395 g/mol. The third kappa shape index (κ3) is 6.28. The van der Waals surface area contributed by atoms with Crippen molar-refractivity contribution >= 4 is 12.0 Å². The number of carbonyl (C=O) groups is 1. The first-order valence-electron chi connectivity index (χ1n) is 9.14. The number of hydrogen-bond donors (Lipinski definition) is 1. The van der Waals surface area contributed by atoms with Crippen LogP contribution >= 0.6 is 0 Å². The molecule has 2 aromatic carbocycles. The lowest BCUT2D eigenvalue weighted by Gasteiger charge is -2.19. The number of aliphatic carboxylic acids is 1. The highest BCUT2D eigenvalue weighted by Gasteiger charge is 2.13. The molecule has 0 unspecified atom stereocenters. The fourth-order valence-electron chi connectivity index (χ4n) is 2.56. The number of rotatable bonds is 8. The fraction of sp³-hybridized carbons (Fsp3) is 0.304. The second-order valence-corrected chi connectivity index (χ2v) is 7.36. The summed E-state index contributed by atoms with van der Waals surface area (Å²) in [6, 6.07) is 14.6. The van der Waals surface area contributed by atoms with E-state index in [1.165, 1.54) is 18.7 Å². The predicted octanol–water partition coefficient (Wildman–Crippen LogP) is 4.44. The maximum absolute atomic E-state index is 11.0. The number of nitriles is 1. The molecule has 6 nitrogen and oxygen atoms in total. The molecule has 0 saturated carbocycles. The van der Waals surface area contributed by atoms with Gasteiger partial charge in [-0.05, 0) is 46.9 Å². The summed E-state index contributed by atoms with van der Waals surface area (Å²) < 4.78 is 16.7. The maximum Gasteiger partial charge on any atom is 0.346 e. The van der Waals surface area contributed by atoms with Crippen LogP contribution in [0.4, 0.5) is 0 Å². The molecule has 0 aromatic heterocycles. The second-order valence-electron chi connectivity index (χ2n) is 7.36. The molecular weight excluding hydrogens is 370 g/mol. The molecule has 152 valence electrons. The van der Waals surface area contributed by atoms with Crippen LogP contribution in [0.25, 0.3) is 6.08 Å². The van der Waals surface area contributed by atoms with Crippen molar-refractivity contribution in [3.05, 3.63) is 59.2 Å². The number of benzene rings is 2. The smallest absolute Gasteiger partial charge is 0.346 e. The third-order valence-corrected chi connectivity index (χ3v) is 4.18. The van der Waals surface area contributed by atoms with Crippen LogP contribution in [-0.2, 0) is 10.2 Å². The lowest BCUT2D eigenvalue weighted by Crippen LogP contribution is -2.12. The van der Waals surface area contributed by atoms with E-state index in [0.717, 1.165) is 5.75 Å². The van der Waals surface area contributed by atoms with Crippen LogP contribution < -0.4 is 14.2 Å². The summed E-state index contributed by atoms with van der Waals surface area (Å²) in [7, 11) is 1.49. The Labute approximate surface area is 171 Å². The molecule has 0 saturated heterocycles. The van der Waals surface area contributed by atoms with Gasteiger partial charge in [0, 0.05) is 0 Å². The van der Waals surface area contributed by atoms with Gasteiger partial charge in [-0.15, -0.1) is 0 Å². The van der Waals surface area contributed by atoms with Crippen molar-refractivity contribution in [1.29, 1.82) is 5.26 Å². The molecule has 0 heterocycles. The molecule has 0 radical (unpaired) electrons. The van der Waals surface area contributed by atoms with Gasteiger partial charge in [0.1, 0.15) is 30.6 Å². The molecule has 0 amide bonds. The standard InChI is InChI=1S/C23H25NO5/c1-23(2,3)18-6-8-19(9-7-18)28-11-12-29-20-10-5-16(14-21(20)27-4)13-17(15-24)22(25)26/h5-10,13-14H,11-12H2,1-4H3,(H,25,26). The van der Waals surface area contributed by atoms with E-state index in [4.69, 9.17) is 24.6 Å². The Morgan fingerprint density at radius 1 is 1.07 bits per heavy atom. The monoisotopic (exact) mass is 395 g/mol. The summed E-state index contributed by atoms with van der Waals surface area (Å²) in [5, 5.41) is 17.8. The SMILES string of the molecule is COc1cc(C=C(C#N)C(=O)O)ccc1OCCOc1ccc(C(C)(C)C)cc1. The topological polar surface area (TPSA) is 88.8 Å². The van der Waals surface area contributed by atoms with E-state index < -0.39 is 5.97 Å². The molecule has 2 aromatic rings. The Hall–Kier alpha value is -3.46. The zero-order valence-corrected chi connectivity index (χ0v) is 17.1. The summed E-state index contributed by atoms with van der Waals surface area (Å²) in [5.74, 6) is 0.437. The molecule has 0 fully saturated rings. The summed E-state index contributed by atoms with van der Waals surface area (Å²) in [4.78, 5) is 11.0. The van der Waals surface area contributed by atoms with Gasteiger partial charge in [-0.25, -0.2) is 4.79 Å². The van der Waals surface area contributed by atoms with Crippen LogP contribution in [0.1, 0.15) is 31.9 Å². The van der Waals surface area contributed by atoms with Crippen molar-refractivity contribution in [3.8, 4) is 23.3 Å². The Morgan fingerprint density at radius 3 is 2.28 bits per heavy atom. The lowest BCUT2D eigenvalue weighted by molar-refractivity contribution is -0.132. The van der Waals surface area contributed by atoms with Crippen molar-refractivity contribution in [2.45, 2.75) is 26.2 Å². The minimum absolute atomic E-state index is 0.0953. The molecule has 6 heteroatoms. The van der Waals surface area contributed by atoms with Crippen molar-refractivity contribution in [2.75, 3.05) is 20.3 Å². The van der Waals surface area contributed by atoms with Crippen LogP contribution in [0.5, 0.6) is 17.2 Å². The van der Waals surface area contributed by atoms with E-state index in [0.29, 0.717) is 30.3 Å². The van der Waals surface area contributed by atoms with Gasteiger partial charge in [-0.1, -0.05) is 39.0 Å². The Balaban J connectivity index is 1.95. The molecule has 0 aliphatic heterocycles. The fourth-order valence-corrected chi connectivity index (χ4v) is 2.56. The Morgan fingerprint density at radius 2 is 1.72 bits per heavy atom. The van der Waals surface area contributed by atoms with Gasteiger partial charge in [0.2, 0.25) is 0 Å². The first-order chi connectivity index (χ1) is 13.7. The molecule has 0 aliphatic carbocycles. The van der Waals surface area contributed by atoms with Gasteiger partial charge in [0.05, 0.1) is 7.11 Å². The summed E-state index contributed by atoms with van der Waals surface area (Å²) in [6.45, 7) is 7.15. The molecule has 0 aliphatic rings. The third-order valence-electron chi connectivity index (χ3n) is 4.18. The van der Waals surface area contributed by atoms with Gasteiger partial charge in [0.15, 0.2) is 11.5 Å². The van der Waals surface area contributed by atoms with Gasteiger partial charge in [-0.2, -0.15) is 5.26 Å². The van der Waals surface area contributed by atoms with E-state index in [2.05, 4.69) is 32.9 Å². The quantitative estimate of drug-likeness (QED) is 0.404. The van der Waals surface area contributed by atoms with E-state index in [9.17, 15) is 4.79 Å². The van der Waals surface area contributed by atoms with E-state index in [-0.39, 0.29) is 11.0 Å². The first kappa shape index (κ1) is 21.8. The highest BCUT2D eigenvalue weighted by molar-refractivity contribution is 5.96. The predicted molar refractivity (Wildman–Crippen MR) is 110 cm³/mol. The van der Waals surface area contributed by atoms with Crippen molar-refractivity contribution in [2.24, 2.45) is 0 Å². The van der Waals surface area contributed by atoms with Gasteiger partial charge in [-0.3, -0.25) is 0 Å². The van der Waals surface area contributed by atoms with Crippen molar-refractivity contribution in [3.63, 3.8) is 0 Å². The van der Waals surface area contributed by atoms with Crippen LogP contribution in [-0.4, -0.2) is 31.4 Å². The van der Waals surface area contributed by atoms with Crippen LogP contribution in [0.3, 0.4) is 0 Å². The minimum atomic E-state index is -1.28. The molecule has 0 spiro atoms. The van der Waals surface area contributed by atoms with Crippen LogP contribution in [0.2, 0.25) is 0 Å². The minimum Gasteiger partial charge on any atom is -0.493 e. The summed E-state index contributed by atoms with van der Waals surface area (Å²) in [5.41, 5.74) is 1.51. The molecule has 0 atom stereocenters. The van der Waals surface area contributed by atoms with Crippen LogP contribution in [0, 0.1) is 11.3 Å². The number of ether oxygens (including phenoxy) is 3. The van der Waals surface area contributed by atoms with Crippen LogP contribution in [0.15, 0.2) is 48.0 Å². The molecule has 1 N–H and O–H groups in total. The molecular formula is C23H25NO5. The maximum atomic E-state index is 11.0. The van der Waals surface area contributed by atoms with Gasteiger partial charge in [0.25, 0.3) is 0 Å². The number of carboxylic acid groups (broad SMARTS) is 1. The highest BCUT2D eigenvalue weighted by atomic mass is 16.5. The average Bonchev–Trinajstić information content (AvgIpc) is 2.69. The number of hydrogen-bond acceptors (Lipinski definition) is 5. The number of carboxylic acids is 1. The van der Waals surface area contributed by atoms with E-state index in [1.54, 1.807) is 24.3 Å². The molecule has 29 heavy (non-hydrogen) atoms. The van der Waals surface area contributed by atoms with Crippen molar-refractivity contribution < 1.29 is 24.1 Å². The summed E-state index contributed by atoms with van der Waals surface area (Å²) >= 11 is 0. The van der Waals surface area contributed by atoms with Crippen molar-refractivity contribution in [1.82, 2.24) is 0 Å². The molecule has 2 rings (SSSR count). The zero-order chi connectivity index (χ0) is 21.4. The molecule has 0 bridgehead atoms. The van der Waals surface area contributed by atoms with E-state index in [1.807, 2.05) is 12.1 Å². The largest absolute Gasteiger partial charge is 0.493 e. The number of methoxy groups -OCH3 is 1.